The highest BCUT2D eigenvalue weighted by atomic mass is 16.6. The molecule has 0 fully saturated rings. The molecule has 0 spiro atoms. The van der Waals surface area contributed by atoms with Crippen molar-refractivity contribution in [3.8, 4) is 17.2 Å². The summed E-state index contributed by atoms with van der Waals surface area (Å²) in [5.41, 5.74) is 0.835. The van der Waals surface area contributed by atoms with Gasteiger partial charge < -0.3 is 24.3 Å². The van der Waals surface area contributed by atoms with E-state index in [0.29, 0.717) is 17.2 Å². The number of rotatable bonds is 10. The average molecular weight is 387 g/mol. The third-order valence-electron chi connectivity index (χ3n) is 3.96. The molecule has 1 atom stereocenters. The second-order valence-electron chi connectivity index (χ2n) is 5.91. The first-order valence-electron chi connectivity index (χ1n) is 8.90. The Hall–Kier alpha value is -3.22. The third-order valence-corrected chi connectivity index (χ3v) is 3.96. The second kappa shape index (κ2) is 10.8. The minimum Gasteiger partial charge on any atom is -0.496 e. The number of esters is 1. The standard InChI is InChI=1S/C21H25NO6/c1-15(21(24)22-14-16-8-4-5-9-17(16)25-2)28-20(23)12-13-27-19-11-7-6-10-18(19)26-3/h4-11,15H,12-14H2,1-3H3,(H,22,24). The van der Waals surface area contributed by atoms with E-state index in [9.17, 15) is 9.59 Å². The van der Waals surface area contributed by atoms with E-state index >= 15 is 0 Å². The number of nitrogens with one attached hydrogen (secondary N) is 1. The van der Waals surface area contributed by atoms with Crippen molar-refractivity contribution in [3.63, 3.8) is 0 Å². The molecule has 0 radical (unpaired) electrons. The van der Waals surface area contributed by atoms with E-state index in [1.807, 2.05) is 36.4 Å². The van der Waals surface area contributed by atoms with Crippen molar-refractivity contribution in [1.82, 2.24) is 5.32 Å². The molecular weight excluding hydrogens is 362 g/mol. The summed E-state index contributed by atoms with van der Waals surface area (Å²) in [5.74, 6) is 0.904. The summed E-state index contributed by atoms with van der Waals surface area (Å²) in [6.07, 6.45) is -0.893. The molecule has 0 aliphatic heterocycles. The lowest BCUT2D eigenvalue weighted by atomic mass is 10.2. The molecule has 1 unspecified atom stereocenters. The predicted molar refractivity (Wildman–Crippen MR) is 104 cm³/mol. The van der Waals surface area contributed by atoms with E-state index in [2.05, 4.69) is 5.32 Å². The summed E-state index contributed by atoms with van der Waals surface area (Å²) >= 11 is 0. The van der Waals surface area contributed by atoms with Crippen molar-refractivity contribution in [2.24, 2.45) is 0 Å². The Labute approximate surface area is 164 Å². The number of ether oxygens (including phenoxy) is 4. The zero-order chi connectivity index (χ0) is 20.4. The first-order valence-corrected chi connectivity index (χ1v) is 8.90. The van der Waals surface area contributed by atoms with Crippen LogP contribution in [0.1, 0.15) is 18.9 Å². The molecule has 0 aliphatic rings. The molecule has 0 bridgehead atoms. The Balaban J connectivity index is 1.74. The highest BCUT2D eigenvalue weighted by Crippen LogP contribution is 2.25. The first kappa shape index (κ1) is 21.1. The van der Waals surface area contributed by atoms with Crippen LogP contribution in [0.2, 0.25) is 0 Å². The second-order valence-corrected chi connectivity index (χ2v) is 5.91. The molecule has 7 heteroatoms. The Kier molecular flexibility index (Phi) is 8.14. The maximum absolute atomic E-state index is 12.2. The molecule has 150 valence electrons. The van der Waals surface area contributed by atoms with Gasteiger partial charge in [-0.1, -0.05) is 30.3 Å². The maximum atomic E-state index is 12.2. The highest BCUT2D eigenvalue weighted by molar-refractivity contribution is 5.83. The lowest BCUT2D eigenvalue weighted by Gasteiger charge is -2.15. The molecule has 1 N–H and O–H groups in total. The highest BCUT2D eigenvalue weighted by Gasteiger charge is 2.18. The number of methoxy groups -OCH3 is 2. The van der Waals surface area contributed by atoms with Gasteiger partial charge in [0.05, 0.1) is 27.2 Å². The van der Waals surface area contributed by atoms with Crippen LogP contribution in [0.15, 0.2) is 48.5 Å². The monoisotopic (exact) mass is 387 g/mol. The molecule has 2 rings (SSSR count). The molecule has 0 aliphatic carbocycles. The zero-order valence-electron chi connectivity index (χ0n) is 16.3. The summed E-state index contributed by atoms with van der Waals surface area (Å²) < 4.78 is 21.1. The molecule has 7 nitrogen and oxygen atoms in total. The van der Waals surface area contributed by atoms with Gasteiger partial charge in [-0.2, -0.15) is 0 Å². The fraction of sp³-hybridized carbons (Fsp3) is 0.333. The van der Waals surface area contributed by atoms with Crippen molar-refractivity contribution in [3.05, 3.63) is 54.1 Å². The largest absolute Gasteiger partial charge is 0.496 e. The Bertz CT molecular complexity index is 792. The number of benzene rings is 2. The zero-order valence-corrected chi connectivity index (χ0v) is 16.3. The number of hydrogen-bond donors (Lipinski definition) is 1. The number of amides is 1. The van der Waals surface area contributed by atoms with Crippen molar-refractivity contribution in [2.75, 3.05) is 20.8 Å². The molecule has 2 aromatic rings. The first-order chi connectivity index (χ1) is 13.5. The normalized spacial score (nSPS) is 11.2. The summed E-state index contributed by atoms with van der Waals surface area (Å²) in [6, 6.07) is 14.5. The van der Waals surface area contributed by atoms with Gasteiger partial charge in [0.2, 0.25) is 0 Å². The minimum absolute atomic E-state index is 0.0160. The van der Waals surface area contributed by atoms with Crippen LogP contribution < -0.4 is 19.5 Å². The summed E-state index contributed by atoms with van der Waals surface area (Å²) in [6.45, 7) is 1.92. The van der Waals surface area contributed by atoms with E-state index in [1.54, 1.807) is 26.4 Å². The summed E-state index contributed by atoms with van der Waals surface area (Å²) in [5, 5.41) is 2.73. The van der Waals surface area contributed by atoms with E-state index in [1.165, 1.54) is 6.92 Å². The van der Waals surface area contributed by atoms with Crippen molar-refractivity contribution in [2.45, 2.75) is 26.0 Å². The van der Waals surface area contributed by atoms with E-state index in [0.717, 1.165) is 5.56 Å². The molecular formula is C21H25NO6. The third kappa shape index (κ3) is 6.19. The summed E-state index contributed by atoms with van der Waals surface area (Å²) in [7, 11) is 3.11. The van der Waals surface area contributed by atoms with Crippen LogP contribution in [-0.4, -0.2) is 38.8 Å². The number of para-hydroxylation sites is 3. The molecule has 0 saturated carbocycles. The van der Waals surface area contributed by atoms with Crippen LogP contribution >= 0.6 is 0 Å². The van der Waals surface area contributed by atoms with Gasteiger partial charge in [0.15, 0.2) is 17.6 Å². The summed E-state index contributed by atoms with van der Waals surface area (Å²) in [4.78, 5) is 24.1. The predicted octanol–water partition coefficient (Wildman–Crippen LogP) is 2.72. The molecule has 0 aromatic heterocycles. The quantitative estimate of drug-likeness (QED) is 0.631. The van der Waals surface area contributed by atoms with Crippen LogP contribution in [-0.2, 0) is 20.9 Å². The van der Waals surface area contributed by atoms with Gasteiger partial charge in [-0.05, 0) is 25.1 Å². The molecule has 2 aromatic carbocycles. The van der Waals surface area contributed by atoms with Crippen LogP contribution in [0.25, 0.3) is 0 Å². The van der Waals surface area contributed by atoms with Crippen LogP contribution in [0.5, 0.6) is 17.2 Å². The van der Waals surface area contributed by atoms with Gasteiger partial charge in [-0.15, -0.1) is 0 Å². The lowest BCUT2D eigenvalue weighted by Crippen LogP contribution is -2.35. The van der Waals surface area contributed by atoms with E-state index in [-0.39, 0.29) is 25.5 Å². The Morgan fingerprint density at radius 3 is 2.21 bits per heavy atom. The van der Waals surface area contributed by atoms with E-state index in [4.69, 9.17) is 18.9 Å². The van der Waals surface area contributed by atoms with Crippen molar-refractivity contribution in [1.29, 1.82) is 0 Å². The molecule has 1 amide bonds. The Morgan fingerprint density at radius 2 is 1.54 bits per heavy atom. The fourth-order valence-electron chi connectivity index (χ4n) is 2.47. The Morgan fingerprint density at radius 1 is 0.929 bits per heavy atom. The average Bonchev–Trinajstić information content (AvgIpc) is 2.72. The van der Waals surface area contributed by atoms with E-state index < -0.39 is 12.1 Å². The number of hydrogen-bond acceptors (Lipinski definition) is 6. The molecule has 0 saturated heterocycles. The smallest absolute Gasteiger partial charge is 0.310 e. The lowest BCUT2D eigenvalue weighted by molar-refractivity contribution is -0.155. The van der Waals surface area contributed by atoms with Gasteiger partial charge in [-0.3, -0.25) is 9.59 Å². The van der Waals surface area contributed by atoms with Crippen molar-refractivity contribution < 1.29 is 28.5 Å². The van der Waals surface area contributed by atoms with Gasteiger partial charge >= 0.3 is 5.97 Å². The van der Waals surface area contributed by atoms with Gasteiger partial charge in [-0.25, -0.2) is 0 Å². The number of carbonyl (C=O) groups is 2. The van der Waals surface area contributed by atoms with Gasteiger partial charge in [0.25, 0.3) is 5.91 Å². The maximum Gasteiger partial charge on any atom is 0.310 e. The topological polar surface area (TPSA) is 83.1 Å². The van der Waals surface area contributed by atoms with Crippen LogP contribution in [0.3, 0.4) is 0 Å². The molecule has 0 heterocycles. The minimum atomic E-state index is -0.909. The molecule has 28 heavy (non-hydrogen) atoms. The van der Waals surface area contributed by atoms with Crippen molar-refractivity contribution >= 4 is 11.9 Å². The van der Waals surface area contributed by atoms with Crippen LogP contribution in [0, 0.1) is 0 Å². The fourth-order valence-corrected chi connectivity index (χ4v) is 2.47. The SMILES string of the molecule is COc1ccccc1CNC(=O)C(C)OC(=O)CCOc1ccccc1OC. The number of carbonyl (C=O) groups excluding carboxylic acids is 2. The van der Waals surface area contributed by atoms with Gasteiger partial charge in [0.1, 0.15) is 5.75 Å². The van der Waals surface area contributed by atoms with Gasteiger partial charge in [0, 0.05) is 12.1 Å². The van der Waals surface area contributed by atoms with Crippen LogP contribution in [0.4, 0.5) is 0 Å².